The molecular formula is C20H14N4. The first kappa shape index (κ1) is 13.1. The highest BCUT2D eigenvalue weighted by molar-refractivity contribution is 5.86. The van der Waals surface area contributed by atoms with Crippen molar-refractivity contribution in [1.82, 2.24) is 19.7 Å². The second-order valence-electron chi connectivity index (χ2n) is 5.77. The van der Waals surface area contributed by atoms with E-state index >= 15 is 0 Å². The minimum absolute atomic E-state index is 0.735. The summed E-state index contributed by atoms with van der Waals surface area (Å²) in [6, 6.07) is 24.7. The van der Waals surface area contributed by atoms with Crippen LogP contribution in [0, 0.1) is 0 Å². The Morgan fingerprint density at radius 2 is 1.62 bits per heavy atom. The van der Waals surface area contributed by atoms with Crippen molar-refractivity contribution >= 4 is 21.9 Å². The third kappa shape index (κ3) is 2.01. The van der Waals surface area contributed by atoms with Crippen molar-refractivity contribution in [3.8, 4) is 17.1 Å². The average Bonchev–Trinajstić information content (AvgIpc) is 3.25. The third-order valence-electron chi connectivity index (χ3n) is 4.25. The second-order valence-corrected chi connectivity index (χ2v) is 5.77. The van der Waals surface area contributed by atoms with Crippen LogP contribution in [0.15, 0.2) is 79.0 Å². The molecule has 0 fully saturated rings. The van der Waals surface area contributed by atoms with E-state index in [9.17, 15) is 0 Å². The lowest BCUT2D eigenvalue weighted by Gasteiger charge is -2.03. The number of fused-ring (bicyclic) bond motifs is 2. The third-order valence-corrected chi connectivity index (χ3v) is 4.25. The SMILES string of the molecule is c1ccc(-c2ccc3c(cnn3-c3nc4ccccc4[nH]3)c2)cc1. The largest absolute Gasteiger partial charge is 0.322 e. The van der Waals surface area contributed by atoms with Crippen molar-refractivity contribution in [3.05, 3.63) is 79.0 Å². The number of aromatic amines is 1. The van der Waals surface area contributed by atoms with E-state index in [0.29, 0.717) is 0 Å². The molecule has 0 spiro atoms. The van der Waals surface area contributed by atoms with E-state index < -0.39 is 0 Å². The van der Waals surface area contributed by atoms with Crippen LogP contribution in [0.2, 0.25) is 0 Å². The highest BCUT2D eigenvalue weighted by Gasteiger charge is 2.10. The fraction of sp³-hybridized carbons (Fsp3) is 0. The van der Waals surface area contributed by atoms with Gasteiger partial charge in [-0.25, -0.2) is 4.98 Å². The van der Waals surface area contributed by atoms with Crippen LogP contribution in [0.25, 0.3) is 39.0 Å². The zero-order valence-corrected chi connectivity index (χ0v) is 12.8. The molecule has 0 aliphatic carbocycles. The summed E-state index contributed by atoms with van der Waals surface area (Å²) >= 11 is 0. The lowest BCUT2D eigenvalue weighted by Crippen LogP contribution is -1.97. The molecule has 0 amide bonds. The van der Waals surface area contributed by atoms with Crippen LogP contribution >= 0.6 is 0 Å². The molecule has 0 atom stereocenters. The van der Waals surface area contributed by atoms with Gasteiger partial charge in [-0.05, 0) is 35.4 Å². The minimum atomic E-state index is 0.735. The van der Waals surface area contributed by atoms with Gasteiger partial charge >= 0.3 is 0 Å². The van der Waals surface area contributed by atoms with Gasteiger partial charge in [0, 0.05) is 5.39 Å². The maximum atomic E-state index is 4.63. The molecule has 0 saturated carbocycles. The van der Waals surface area contributed by atoms with Crippen LogP contribution in [0.5, 0.6) is 0 Å². The number of nitrogens with zero attached hydrogens (tertiary/aromatic N) is 3. The molecule has 2 heterocycles. The normalized spacial score (nSPS) is 11.3. The number of benzene rings is 3. The van der Waals surface area contributed by atoms with Crippen molar-refractivity contribution in [3.63, 3.8) is 0 Å². The van der Waals surface area contributed by atoms with Crippen LogP contribution in [0.3, 0.4) is 0 Å². The maximum Gasteiger partial charge on any atom is 0.229 e. The van der Waals surface area contributed by atoms with Gasteiger partial charge in [-0.1, -0.05) is 48.5 Å². The summed E-state index contributed by atoms with van der Waals surface area (Å²) in [6.45, 7) is 0. The molecule has 0 bridgehead atoms. The summed E-state index contributed by atoms with van der Waals surface area (Å²) < 4.78 is 1.85. The molecule has 0 unspecified atom stereocenters. The Morgan fingerprint density at radius 3 is 2.50 bits per heavy atom. The van der Waals surface area contributed by atoms with Crippen molar-refractivity contribution in [2.45, 2.75) is 0 Å². The molecule has 2 aromatic heterocycles. The van der Waals surface area contributed by atoms with E-state index in [0.717, 1.165) is 27.9 Å². The van der Waals surface area contributed by atoms with Crippen LogP contribution < -0.4 is 0 Å². The standard InChI is InChI=1S/C20H14N4/c1-2-6-14(7-3-1)15-10-11-19-16(12-15)13-21-24(19)20-22-17-8-4-5-9-18(17)23-20/h1-13H,(H,22,23). The van der Waals surface area contributed by atoms with Gasteiger partial charge in [0.25, 0.3) is 0 Å². The number of imidazole rings is 1. The highest BCUT2D eigenvalue weighted by atomic mass is 15.3. The number of aromatic nitrogens is 4. The molecule has 5 rings (SSSR count). The second kappa shape index (κ2) is 5.06. The molecule has 0 aliphatic rings. The smallest absolute Gasteiger partial charge is 0.229 e. The van der Waals surface area contributed by atoms with Gasteiger partial charge < -0.3 is 4.98 Å². The number of hydrogen-bond acceptors (Lipinski definition) is 2. The molecule has 4 nitrogen and oxygen atoms in total. The lowest BCUT2D eigenvalue weighted by atomic mass is 10.0. The van der Waals surface area contributed by atoms with Gasteiger partial charge in [-0.2, -0.15) is 9.78 Å². The van der Waals surface area contributed by atoms with E-state index in [1.807, 2.05) is 41.2 Å². The van der Waals surface area contributed by atoms with Crippen LogP contribution in [0.1, 0.15) is 0 Å². The lowest BCUT2D eigenvalue weighted by molar-refractivity contribution is 0.856. The average molecular weight is 310 g/mol. The summed E-state index contributed by atoms with van der Waals surface area (Å²) in [5, 5.41) is 5.61. The predicted octanol–water partition coefficient (Wildman–Crippen LogP) is 4.57. The van der Waals surface area contributed by atoms with Crippen LogP contribution in [0.4, 0.5) is 0 Å². The van der Waals surface area contributed by atoms with Gasteiger partial charge in [0.15, 0.2) is 0 Å². The van der Waals surface area contributed by atoms with Gasteiger partial charge in [0.2, 0.25) is 5.95 Å². The van der Waals surface area contributed by atoms with E-state index in [1.165, 1.54) is 11.1 Å². The monoisotopic (exact) mass is 310 g/mol. The van der Waals surface area contributed by atoms with E-state index in [4.69, 9.17) is 0 Å². The van der Waals surface area contributed by atoms with Crippen LogP contribution in [-0.2, 0) is 0 Å². The van der Waals surface area contributed by atoms with Gasteiger partial charge in [0.05, 0.1) is 22.7 Å². The van der Waals surface area contributed by atoms with Crippen molar-refractivity contribution in [2.24, 2.45) is 0 Å². The Balaban J connectivity index is 1.65. The van der Waals surface area contributed by atoms with E-state index in [2.05, 4.69) is 57.5 Å². The molecule has 4 heteroatoms. The van der Waals surface area contributed by atoms with Crippen molar-refractivity contribution < 1.29 is 0 Å². The zero-order valence-electron chi connectivity index (χ0n) is 12.8. The molecule has 114 valence electrons. The molecule has 24 heavy (non-hydrogen) atoms. The Kier molecular flexibility index (Phi) is 2.76. The van der Waals surface area contributed by atoms with Crippen molar-refractivity contribution in [1.29, 1.82) is 0 Å². The Hall–Kier alpha value is -3.40. The molecule has 3 aromatic carbocycles. The molecule has 0 saturated heterocycles. The zero-order chi connectivity index (χ0) is 15.9. The van der Waals surface area contributed by atoms with Crippen LogP contribution in [-0.4, -0.2) is 19.7 Å². The number of rotatable bonds is 2. The summed E-state index contributed by atoms with van der Waals surface area (Å²) in [5.74, 6) is 0.735. The molecule has 0 aliphatic heterocycles. The predicted molar refractivity (Wildman–Crippen MR) is 96.2 cm³/mol. The molecule has 1 N–H and O–H groups in total. The fourth-order valence-electron chi connectivity index (χ4n) is 3.05. The Bertz CT molecular complexity index is 1120. The van der Waals surface area contributed by atoms with Gasteiger partial charge in [-0.3, -0.25) is 0 Å². The molecule has 0 radical (unpaired) electrons. The number of para-hydroxylation sites is 2. The van der Waals surface area contributed by atoms with Gasteiger partial charge in [0.1, 0.15) is 0 Å². The quantitative estimate of drug-likeness (QED) is 0.519. The fourth-order valence-corrected chi connectivity index (χ4v) is 3.05. The number of H-pyrrole nitrogens is 1. The maximum absolute atomic E-state index is 4.63. The molecule has 5 aromatic rings. The Labute approximate surface area is 138 Å². The first-order valence-corrected chi connectivity index (χ1v) is 7.87. The topological polar surface area (TPSA) is 46.5 Å². The first-order chi connectivity index (χ1) is 11.9. The summed E-state index contributed by atoms with van der Waals surface area (Å²) in [7, 11) is 0. The number of hydrogen-bond donors (Lipinski definition) is 1. The van der Waals surface area contributed by atoms with Gasteiger partial charge in [-0.15, -0.1) is 0 Å². The van der Waals surface area contributed by atoms with Crippen molar-refractivity contribution in [2.75, 3.05) is 0 Å². The molecular weight excluding hydrogens is 296 g/mol. The van der Waals surface area contributed by atoms with E-state index in [1.54, 1.807) is 0 Å². The Morgan fingerprint density at radius 1 is 0.792 bits per heavy atom. The minimum Gasteiger partial charge on any atom is -0.322 e. The first-order valence-electron chi connectivity index (χ1n) is 7.87. The summed E-state index contributed by atoms with van der Waals surface area (Å²) in [6.07, 6.45) is 1.88. The van der Waals surface area contributed by atoms with E-state index in [-0.39, 0.29) is 0 Å². The number of nitrogens with one attached hydrogen (secondary N) is 1. The summed E-state index contributed by atoms with van der Waals surface area (Å²) in [4.78, 5) is 7.96. The summed E-state index contributed by atoms with van der Waals surface area (Å²) in [5.41, 5.74) is 5.38. The highest BCUT2D eigenvalue weighted by Crippen LogP contribution is 2.25.